The van der Waals surface area contributed by atoms with Crippen LogP contribution in [0.4, 0.5) is 13.2 Å². The molecule has 0 N–H and O–H groups in total. The quantitative estimate of drug-likeness (QED) is 0.323. The van der Waals surface area contributed by atoms with E-state index in [1.165, 1.54) is 27.3 Å². The smallest absolute Gasteiger partial charge is 0.416 e. The molecule has 0 amide bonds. The molecule has 11 heteroatoms. The number of fused-ring (bicyclic) bond motifs is 2. The van der Waals surface area contributed by atoms with Gasteiger partial charge in [-0.2, -0.15) is 18.3 Å². The predicted molar refractivity (Wildman–Crippen MR) is 124 cm³/mol. The number of benzene rings is 1. The summed E-state index contributed by atoms with van der Waals surface area (Å²) in [5, 5.41) is 4.98. The van der Waals surface area contributed by atoms with E-state index < -0.39 is 17.7 Å². The molecule has 0 bridgehead atoms. The molecule has 7 nitrogen and oxygen atoms in total. The van der Waals surface area contributed by atoms with E-state index in [9.17, 15) is 22.8 Å². The number of nitrogens with zero attached hydrogens (tertiary/aromatic N) is 4. The Hall–Kier alpha value is -3.99. The molecule has 0 atom stereocenters. The summed E-state index contributed by atoms with van der Waals surface area (Å²) in [6.45, 7) is 3.39. The molecule has 0 radical (unpaired) electrons. The van der Waals surface area contributed by atoms with Crippen molar-refractivity contribution >= 4 is 33.2 Å². The summed E-state index contributed by atoms with van der Waals surface area (Å²) in [7, 11) is 0. The van der Waals surface area contributed by atoms with E-state index in [1.807, 2.05) is 6.92 Å². The number of thiophene rings is 1. The van der Waals surface area contributed by atoms with Crippen molar-refractivity contribution in [1.29, 1.82) is 0 Å². The van der Waals surface area contributed by atoms with E-state index in [-0.39, 0.29) is 22.7 Å². The van der Waals surface area contributed by atoms with Crippen LogP contribution in [-0.4, -0.2) is 25.1 Å². The van der Waals surface area contributed by atoms with Gasteiger partial charge in [-0.15, -0.1) is 11.3 Å². The molecule has 0 aliphatic rings. The molecule has 0 saturated heterocycles. The van der Waals surface area contributed by atoms with Crippen molar-refractivity contribution < 1.29 is 22.7 Å². The molecule has 0 aliphatic heterocycles. The summed E-state index contributed by atoms with van der Waals surface area (Å²) in [6, 6.07) is 11.3. The Morgan fingerprint density at radius 2 is 1.91 bits per heavy atom. The first-order valence-electron chi connectivity index (χ1n) is 10.4. The molecular weight excluding hydrogens is 481 g/mol. The average Bonchev–Trinajstić information content (AvgIpc) is 3.37. The molecular formula is C24H17F3N4O3S. The number of ether oxygens (including phenoxy) is 1. The Kier molecular flexibility index (Phi) is 5.43. The number of aromatic nitrogens is 4. The zero-order valence-corrected chi connectivity index (χ0v) is 19.3. The lowest BCUT2D eigenvalue weighted by molar-refractivity contribution is -0.137. The second kappa shape index (κ2) is 8.35. The lowest BCUT2D eigenvalue weighted by atomic mass is 10.2. The fraction of sp³-hybridized carbons (Fsp3) is 0.167. The molecule has 0 unspecified atom stereocenters. The summed E-state index contributed by atoms with van der Waals surface area (Å²) >= 11 is 1.06. The maximum atomic E-state index is 13.2. The number of hydrogen-bond donors (Lipinski definition) is 0. The monoisotopic (exact) mass is 498 g/mol. The number of carbonyl (C=O) groups is 1. The molecule has 0 aliphatic carbocycles. The van der Waals surface area contributed by atoms with Gasteiger partial charge in [-0.3, -0.25) is 9.20 Å². The molecule has 0 saturated carbocycles. The standard InChI is InChI=1S/C24H17F3N4O3S/c1-13-6-7-30-20(8-13)28-16(10-21(30)32)12-34-23(33)19-11-18-14(2)29-31(22(18)35-19)17-5-3-4-15(9-17)24(25,26)27/h3-11H,12H2,1-2H3. The van der Waals surface area contributed by atoms with Gasteiger partial charge in [0.05, 0.1) is 22.6 Å². The zero-order valence-electron chi connectivity index (χ0n) is 18.5. The lowest BCUT2D eigenvalue weighted by Gasteiger charge is -2.09. The van der Waals surface area contributed by atoms with Crippen molar-refractivity contribution in [3.05, 3.63) is 92.5 Å². The number of rotatable bonds is 4. The second-order valence-corrected chi connectivity index (χ2v) is 9.00. The molecule has 4 heterocycles. The van der Waals surface area contributed by atoms with Crippen molar-refractivity contribution in [2.24, 2.45) is 0 Å². The van der Waals surface area contributed by atoms with Crippen LogP contribution in [0.2, 0.25) is 0 Å². The maximum absolute atomic E-state index is 13.2. The normalized spacial score (nSPS) is 11.9. The first-order valence-corrected chi connectivity index (χ1v) is 11.2. The highest BCUT2D eigenvalue weighted by atomic mass is 32.1. The SMILES string of the molecule is Cc1ccn2c(=O)cc(COC(=O)c3cc4c(C)nn(-c5cccc(C(F)(F)F)c5)c4s3)nc2c1. The largest absolute Gasteiger partial charge is 0.455 e. The first kappa shape index (κ1) is 22.8. The first-order chi connectivity index (χ1) is 16.6. The van der Waals surface area contributed by atoms with Crippen LogP contribution in [0.15, 0.2) is 59.5 Å². The van der Waals surface area contributed by atoms with Crippen LogP contribution < -0.4 is 5.56 Å². The molecule has 5 aromatic rings. The summed E-state index contributed by atoms with van der Waals surface area (Å²) in [4.78, 5) is 30.2. The van der Waals surface area contributed by atoms with Gasteiger partial charge in [0.25, 0.3) is 5.56 Å². The fourth-order valence-corrected chi connectivity index (χ4v) is 4.75. The number of halogens is 3. The summed E-state index contributed by atoms with van der Waals surface area (Å²) in [6.07, 6.45) is -2.86. The van der Waals surface area contributed by atoms with Crippen molar-refractivity contribution in [1.82, 2.24) is 19.2 Å². The number of esters is 1. The topological polar surface area (TPSA) is 78.5 Å². The van der Waals surface area contributed by atoms with E-state index in [0.29, 0.717) is 27.3 Å². The van der Waals surface area contributed by atoms with Crippen molar-refractivity contribution in [3.63, 3.8) is 0 Å². The molecule has 0 fully saturated rings. The average molecular weight is 498 g/mol. The molecule has 35 heavy (non-hydrogen) atoms. The van der Waals surface area contributed by atoms with Gasteiger partial charge in [0.2, 0.25) is 0 Å². The van der Waals surface area contributed by atoms with Gasteiger partial charge in [0.15, 0.2) is 0 Å². The van der Waals surface area contributed by atoms with Crippen LogP contribution in [-0.2, 0) is 17.5 Å². The highest BCUT2D eigenvalue weighted by molar-refractivity contribution is 7.20. The number of hydrogen-bond acceptors (Lipinski definition) is 6. The van der Waals surface area contributed by atoms with E-state index in [0.717, 1.165) is 29.0 Å². The van der Waals surface area contributed by atoms with Crippen LogP contribution >= 0.6 is 11.3 Å². The second-order valence-electron chi connectivity index (χ2n) is 7.97. The van der Waals surface area contributed by atoms with E-state index in [4.69, 9.17) is 4.74 Å². The molecule has 0 spiro atoms. The fourth-order valence-electron chi connectivity index (χ4n) is 3.68. The Balaban J connectivity index is 1.42. The number of aryl methyl sites for hydroxylation is 2. The summed E-state index contributed by atoms with van der Waals surface area (Å²) in [5.41, 5.74) is 1.40. The Bertz CT molecular complexity index is 1670. The molecule has 5 rings (SSSR count). The third-order valence-corrected chi connectivity index (χ3v) is 6.48. The van der Waals surface area contributed by atoms with Crippen LogP contribution in [0.3, 0.4) is 0 Å². The van der Waals surface area contributed by atoms with Gasteiger partial charge in [-0.1, -0.05) is 6.07 Å². The Morgan fingerprint density at radius 3 is 2.69 bits per heavy atom. The third-order valence-electron chi connectivity index (χ3n) is 5.39. The molecule has 4 aromatic heterocycles. The van der Waals surface area contributed by atoms with E-state index >= 15 is 0 Å². The number of pyridine rings is 1. The van der Waals surface area contributed by atoms with Gasteiger partial charge in [0.1, 0.15) is 22.0 Å². The third kappa shape index (κ3) is 4.30. The van der Waals surface area contributed by atoms with E-state index in [2.05, 4.69) is 10.1 Å². The maximum Gasteiger partial charge on any atom is 0.416 e. The van der Waals surface area contributed by atoms with Crippen molar-refractivity contribution in [2.45, 2.75) is 26.6 Å². The molecule has 1 aromatic carbocycles. The van der Waals surface area contributed by atoms with Crippen LogP contribution in [0, 0.1) is 13.8 Å². The number of alkyl halides is 3. The van der Waals surface area contributed by atoms with Gasteiger partial charge >= 0.3 is 12.1 Å². The Morgan fingerprint density at radius 1 is 1.11 bits per heavy atom. The minimum atomic E-state index is -4.49. The highest BCUT2D eigenvalue weighted by Gasteiger charge is 2.31. The number of carbonyl (C=O) groups excluding carboxylic acids is 1. The summed E-state index contributed by atoms with van der Waals surface area (Å²) < 4.78 is 47.6. The van der Waals surface area contributed by atoms with Crippen LogP contribution in [0.1, 0.15) is 32.2 Å². The van der Waals surface area contributed by atoms with Crippen molar-refractivity contribution in [3.8, 4) is 5.69 Å². The lowest BCUT2D eigenvalue weighted by Crippen LogP contribution is -2.16. The zero-order chi connectivity index (χ0) is 24.9. The Labute approximate surface area is 200 Å². The van der Waals surface area contributed by atoms with Gasteiger partial charge < -0.3 is 4.74 Å². The predicted octanol–water partition coefficient (Wildman–Crippen LogP) is 5.09. The highest BCUT2D eigenvalue weighted by Crippen LogP contribution is 2.34. The van der Waals surface area contributed by atoms with Crippen molar-refractivity contribution in [2.75, 3.05) is 0 Å². The molecule has 178 valence electrons. The summed E-state index contributed by atoms with van der Waals surface area (Å²) in [5.74, 6) is -0.632. The van der Waals surface area contributed by atoms with Crippen LogP contribution in [0.5, 0.6) is 0 Å². The minimum Gasteiger partial charge on any atom is -0.455 e. The van der Waals surface area contributed by atoms with E-state index in [1.54, 1.807) is 31.3 Å². The van der Waals surface area contributed by atoms with Crippen LogP contribution in [0.25, 0.3) is 21.6 Å². The van der Waals surface area contributed by atoms with Gasteiger partial charge in [-0.05, 0) is 55.8 Å². The minimum absolute atomic E-state index is 0.203. The van der Waals surface area contributed by atoms with Gasteiger partial charge in [-0.25, -0.2) is 14.5 Å². The van der Waals surface area contributed by atoms with Gasteiger partial charge in [0, 0.05) is 17.6 Å².